The monoisotopic (exact) mass is 267 g/mol. The molecule has 1 aliphatic heterocycles. The fourth-order valence-corrected chi connectivity index (χ4v) is 2.90. The number of anilines is 1. The van der Waals surface area contributed by atoms with Crippen LogP contribution in [0.25, 0.3) is 0 Å². The van der Waals surface area contributed by atoms with Crippen molar-refractivity contribution in [3.8, 4) is 0 Å². The molecule has 0 aromatic heterocycles. The van der Waals surface area contributed by atoms with E-state index < -0.39 is 0 Å². The van der Waals surface area contributed by atoms with Gasteiger partial charge in [0.15, 0.2) is 0 Å². The van der Waals surface area contributed by atoms with Gasteiger partial charge in [0, 0.05) is 23.3 Å². The second kappa shape index (κ2) is 5.48. The Balaban J connectivity index is 0.000000267. The van der Waals surface area contributed by atoms with Gasteiger partial charge in [-0.3, -0.25) is 0 Å². The second-order valence-electron chi connectivity index (χ2n) is 4.80. The summed E-state index contributed by atoms with van der Waals surface area (Å²) in [4.78, 5) is 2.49. The van der Waals surface area contributed by atoms with E-state index >= 15 is 0 Å². The van der Waals surface area contributed by atoms with Gasteiger partial charge in [-0.15, -0.1) is 0 Å². The summed E-state index contributed by atoms with van der Waals surface area (Å²) in [6, 6.07) is 8.91. The van der Waals surface area contributed by atoms with Gasteiger partial charge < -0.3 is 15.8 Å². The van der Waals surface area contributed by atoms with Crippen molar-refractivity contribution in [3.05, 3.63) is 29.3 Å². The third-order valence-corrected chi connectivity index (χ3v) is 3.96. The first-order chi connectivity index (χ1) is 8.67. The molecule has 0 spiro atoms. The summed E-state index contributed by atoms with van der Waals surface area (Å²) in [7, 11) is 0. The first-order valence-electron chi connectivity index (χ1n) is 6.07. The summed E-state index contributed by atoms with van der Waals surface area (Å²) in [6.07, 6.45) is 2.25. The number of rotatable bonds is 1. The van der Waals surface area contributed by atoms with Gasteiger partial charge in [0.05, 0.1) is 0 Å². The molecule has 0 radical (unpaired) electrons. The lowest BCUT2D eigenvalue weighted by molar-refractivity contribution is 0.321. The summed E-state index contributed by atoms with van der Waals surface area (Å²) < 4.78 is 0. The van der Waals surface area contributed by atoms with Crippen LogP contribution in [0, 0.1) is 11.8 Å². The number of hydrogen-bond donors (Lipinski definition) is 2. The van der Waals surface area contributed by atoms with E-state index in [2.05, 4.69) is 34.8 Å². The van der Waals surface area contributed by atoms with E-state index in [-0.39, 0.29) is 0 Å². The standard InChI is InChI=1S/C12H14ClN.CH4N2O/c1-8-12-5-9(12)7-14(8)11-4-2-3-10(13)6-11;2-1-3-4/h2-4,6,8-9,12H,5,7H2,1H3;1,4H,(H2,2,3). The molecule has 1 aromatic carbocycles. The Morgan fingerprint density at radius 1 is 1.56 bits per heavy atom. The van der Waals surface area contributed by atoms with Crippen LogP contribution in [0.1, 0.15) is 13.3 Å². The van der Waals surface area contributed by atoms with Crippen molar-refractivity contribution in [2.45, 2.75) is 19.4 Å². The van der Waals surface area contributed by atoms with Crippen molar-refractivity contribution in [2.24, 2.45) is 22.7 Å². The smallest absolute Gasteiger partial charge is 0.125 e. The highest BCUT2D eigenvalue weighted by Crippen LogP contribution is 2.50. The molecule has 2 aliphatic rings. The zero-order valence-corrected chi connectivity index (χ0v) is 11.1. The molecule has 5 heteroatoms. The van der Waals surface area contributed by atoms with Crippen LogP contribution in [0.15, 0.2) is 29.4 Å². The second-order valence-corrected chi connectivity index (χ2v) is 5.23. The topological polar surface area (TPSA) is 61.8 Å². The number of piperidine rings is 1. The van der Waals surface area contributed by atoms with Gasteiger partial charge in [0.25, 0.3) is 0 Å². The number of fused-ring (bicyclic) bond motifs is 1. The van der Waals surface area contributed by atoms with Gasteiger partial charge in [-0.05, 0) is 43.4 Å². The summed E-state index contributed by atoms with van der Waals surface area (Å²) in [5, 5.41) is 10.6. The zero-order valence-electron chi connectivity index (χ0n) is 10.3. The van der Waals surface area contributed by atoms with Crippen LogP contribution in [0.3, 0.4) is 0 Å². The van der Waals surface area contributed by atoms with Crippen molar-refractivity contribution < 1.29 is 5.21 Å². The van der Waals surface area contributed by atoms with E-state index in [9.17, 15) is 0 Å². The summed E-state index contributed by atoms with van der Waals surface area (Å²) in [6.45, 7) is 3.56. The lowest BCUT2D eigenvalue weighted by Gasteiger charge is -2.26. The van der Waals surface area contributed by atoms with Crippen LogP contribution in [0.5, 0.6) is 0 Å². The van der Waals surface area contributed by atoms with E-state index in [1.54, 1.807) is 0 Å². The predicted molar refractivity (Wildman–Crippen MR) is 74.3 cm³/mol. The molecular weight excluding hydrogens is 250 g/mol. The molecular formula is C13H18ClN3O. The number of oxime groups is 1. The fourth-order valence-electron chi connectivity index (χ4n) is 2.72. The van der Waals surface area contributed by atoms with Crippen LogP contribution in [-0.2, 0) is 0 Å². The Morgan fingerprint density at radius 2 is 2.28 bits per heavy atom. The molecule has 4 nitrogen and oxygen atoms in total. The maximum atomic E-state index is 7.32. The predicted octanol–water partition coefficient (Wildman–Crippen LogP) is 2.55. The van der Waals surface area contributed by atoms with Crippen LogP contribution in [0.4, 0.5) is 5.69 Å². The average molecular weight is 268 g/mol. The molecule has 2 fully saturated rings. The Morgan fingerprint density at radius 3 is 2.78 bits per heavy atom. The van der Waals surface area contributed by atoms with Crippen LogP contribution < -0.4 is 10.6 Å². The van der Waals surface area contributed by atoms with Crippen LogP contribution in [0.2, 0.25) is 5.02 Å². The normalized spacial score (nSPS) is 28.8. The van der Waals surface area contributed by atoms with Crippen LogP contribution >= 0.6 is 11.6 Å². The first-order valence-corrected chi connectivity index (χ1v) is 6.45. The fraction of sp³-hybridized carbons (Fsp3) is 0.462. The minimum Gasteiger partial charge on any atom is -0.410 e. The first kappa shape index (κ1) is 13.0. The lowest BCUT2D eigenvalue weighted by Crippen LogP contribution is -2.30. The van der Waals surface area contributed by atoms with E-state index in [0.29, 0.717) is 6.04 Å². The molecule has 3 rings (SSSR count). The molecule has 98 valence electrons. The number of nitrogens with zero attached hydrogens (tertiary/aromatic N) is 2. The lowest BCUT2D eigenvalue weighted by atomic mass is 10.2. The van der Waals surface area contributed by atoms with Gasteiger partial charge in [-0.2, -0.15) is 0 Å². The van der Waals surface area contributed by atoms with Crippen molar-refractivity contribution in [2.75, 3.05) is 11.4 Å². The summed E-state index contributed by atoms with van der Waals surface area (Å²) in [5.74, 6) is 1.91. The SMILES string of the molecule is CC1C2CC2CN1c1cccc(Cl)c1.N/C=N\O. The highest BCUT2D eigenvalue weighted by Gasteiger charge is 2.50. The van der Waals surface area contributed by atoms with Crippen molar-refractivity contribution in [3.63, 3.8) is 0 Å². The molecule has 0 amide bonds. The highest BCUT2D eigenvalue weighted by atomic mass is 35.5. The molecule has 1 aromatic rings. The molecule has 3 N–H and O–H groups in total. The maximum absolute atomic E-state index is 7.32. The Hall–Kier alpha value is -1.42. The minimum absolute atomic E-state index is 0.707. The quantitative estimate of drug-likeness (QED) is 0.356. The Bertz CT molecular complexity index is 434. The van der Waals surface area contributed by atoms with E-state index in [4.69, 9.17) is 16.8 Å². The number of benzene rings is 1. The third kappa shape index (κ3) is 2.70. The molecule has 3 unspecified atom stereocenters. The van der Waals surface area contributed by atoms with E-state index in [1.807, 2.05) is 12.1 Å². The number of hydrogen-bond acceptors (Lipinski definition) is 3. The van der Waals surface area contributed by atoms with Crippen molar-refractivity contribution in [1.29, 1.82) is 0 Å². The van der Waals surface area contributed by atoms with Gasteiger partial charge >= 0.3 is 0 Å². The molecule has 1 saturated heterocycles. The Labute approximate surface area is 112 Å². The molecule has 3 atom stereocenters. The number of halogens is 1. The van der Waals surface area contributed by atoms with Gasteiger partial charge in [0.2, 0.25) is 0 Å². The molecule has 1 saturated carbocycles. The third-order valence-electron chi connectivity index (χ3n) is 3.73. The highest BCUT2D eigenvalue weighted by molar-refractivity contribution is 6.30. The van der Waals surface area contributed by atoms with Crippen molar-refractivity contribution >= 4 is 23.6 Å². The minimum atomic E-state index is 0.707. The molecule has 1 aliphatic carbocycles. The molecule has 1 heterocycles. The van der Waals surface area contributed by atoms with E-state index in [0.717, 1.165) is 23.2 Å². The van der Waals surface area contributed by atoms with Gasteiger partial charge in [-0.1, -0.05) is 22.8 Å². The maximum Gasteiger partial charge on any atom is 0.125 e. The average Bonchev–Trinajstić information content (AvgIpc) is 3.08. The molecule has 18 heavy (non-hydrogen) atoms. The number of nitrogens with two attached hydrogens (primary N) is 1. The van der Waals surface area contributed by atoms with Gasteiger partial charge in [-0.25, -0.2) is 0 Å². The van der Waals surface area contributed by atoms with Crippen LogP contribution in [-0.4, -0.2) is 24.1 Å². The largest absolute Gasteiger partial charge is 0.410 e. The summed E-state index contributed by atoms with van der Waals surface area (Å²) >= 11 is 5.99. The summed E-state index contributed by atoms with van der Waals surface area (Å²) in [5.41, 5.74) is 5.78. The molecule has 0 bridgehead atoms. The van der Waals surface area contributed by atoms with Gasteiger partial charge in [0.1, 0.15) is 6.34 Å². The Kier molecular flexibility index (Phi) is 3.97. The zero-order chi connectivity index (χ0) is 13.1. The van der Waals surface area contributed by atoms with E-state index in [1.165, 1.54) is 18.7 Å². The van der Waals surface area contributed by atoms with Crippen molar-refractivity contribution in [1.82, 2.24) is 0 Å².